The second-order valence-electron chi connectivity index (χ2n) is 9.54. The number of nitrogens with zero attached hydrogens (tertiary/aromatic N) is 4. The Morgan fingerprint density at radius 1 is 0.605 bits per heavy atom. The van der Waals surface area contributed by atoms with Gasteiger partial charge in [-0.3, -0.25) is 29.2 Å². The SMILES string of the molecule is O=C(O)CN1C(=O)N2Cc3ccccc3CN3C(=O)N(CC(=O)O)C1(c1ccccc1)C23c1ccccc1. The van der Waals surface area contributed by atoms with E-state index in [4.69, 9.17) is 0 Å². The van der Waals surface area contributed by atoms with Gasteiger partial charge < -0.3 is 10.2 Å². The first-order chi connectivity index (χ1) is 18.3. The minimum Gasteiger partial charge on any atom is -0.480 e. The van der Waals surface area contributed by atoms with E-state index in [0.29, 0.717) is 11.1 Å². The molecule has 38 heavy (non-hydrogen) atoms. The van der Waals surface area contributed by atoms with Gasteiger partial charge in [-0.05, 0) is 11.1 Å². The van der Waals surface area contributed by atoms with E-state index in [1.807, 2.05) is 30.3 Å². The molecule has 3 aliphatic rings. The van der Waals surface area contributed by atoms with Gasteiger partial charge >= 0.3 is 24.0 Å². The number of fused-ring (bicyclic) bond motifs is 1. The monoisotopic (exact) mass is 512 g/mol. The van der Waals surface area contributed by atoms with Crippen molar-refractivity contribution in [1.82, 2.24) is 19.6 Å². The third-order valence-electron chi connectivity index (χ3n) is 7.69. The van der Waals surface area contributed by atoms with Crippen LogP contribution in [0, 0.1) is 0 Å². The molecule has 3 aliphatic heterocycles. The third-order valence-corrected chi connectivity index (χ3v) is 7.69. The zero-order valence-electron chi connectivity index (χ0n) is 20.2. The van der Waals surface area contributed by atoms with E-state index < -0.39 is 48.4 Å². The molecule has 3 heterocycles. The molecule has 3 aromatic carbocycles. The number of amides is 4. The maximum absolute atomic E-state index is 14.4. The van der Waals surface area contributed by atoms with E-state index in [-0.39, 0.29) is 13.1 Å². The van der Waals surface area contributed by atoms with E-state index >= 15 is 0 Å². The van der Waals surface area contributed by atoms with Crippen LogP contribution in [0.3, 0.4) is 0 Å². The average molecular weight is 513 g/mol. The molecule has 0 saturated carbocycles. The minimum absolute atomic E-state index is 0.0965. The maximum Gasteiger partial charge on any atom is 0.325 e. The van der Waals surface area contributed by atoms with Crippen molar-refractivity contribution in [1.29, 1.82) is 0 Å². The fourth-order valence-corrected chi connectivity index (χ4v) is 6.46. The molecular weight excluding hydrogens is 488 g/mol. The largest absolute Gasteiger partial charge is 0.480 e. The number of benzene rings is 3. The minimum atomic E-state index is -1.80. The lowest BCUT2D eigenvalue weighted by Crippen LogP contribution is -2.64. The molecule has 2 fully saturated rings. The fraction of sp³-hybridized carbons (Fsp3) is 0.214. The summed E-state index contributed by atoms with van der Waals surface area (Å²) >= 11 is 0. The lowest BCUT2D eigenvalue weighted by molar-refractivity contribution is -0.146. The van der Waals surface area contributed by atoms with Crippen LogP contribution in [0.2, 0.25) is 0 Å². The van der Waals surface area contributed by atoms with Gasteiger partial charge in [0.05, 0.1) is 13.1 Å². The molecular formula is C28H24N4O6. The predicted molar refractivity (Wildman–Crippen MR) is 133 cm³/mol. The standard InChI is InChI=1S/C28H24N4O6/c33-23(34)17-31-25(37)29-15-19-9-7-8-10-20(19)16-30-26(38)32(18-24(35)36)28(31,22-13-5-2-6-14-22)27(29,30)21-11-3-1-4-12-21/h1-14H,15-18H2,(H,33,34)(H,35,36). The van der Waals surface area contributed by atoms with Gasteiger partial charge in [0.15, 0.2) is 11.3 Å². The van der Waals surface area contributed by atoms with Gasteiger partial charge in [-0.2, -0.15) is 0 Å². The summed E-state index contributed by atoms with van der Waals surface area (Å²) in [6.45, 7) is -1.28. The summed E-state index contributed by atoms with van der Waals surface area (Å²) in [4.78, 5) is 58.6. The van der Waals surface area contributed by atoms with Gasteiger partial charge in [-0.1, -0.05) is 84.9 Å². The maximum atomic E-state index is 14.4. The van der Waals surface area contributed by atoms with Crippen molar-refractivity contribution in [3.05, 3.63) is 107 Å². The van der Waals surface area contributed by atoms with Crippen molar-refractivity contribution in [2.24, 2.45) is 0 Å². The molecule has 0 bridgehead atoms. The zero-order chi connectivity index (χ0) is 26.7. The number of hydrogen-bond acceptors (Lipinski definition) is 4. The van der Waals surface area contributed by atoms with E-state index in [9.17, 15) is 29.4 Å². The van der Waals surface area contributed by atoms with Gasteiger partial charge in [-0.25, -0.2) is 9.59 Å². The van der Waals surface area contributed by atoms with Crippen LogP contribution < -0.4 is 0 Å². The van der Waals surface area contributed by atoms with Crippen LogP contribution in [-0.2, 0) is 34.0 Å². The lowest BCUT2D eigenvalue weighted by atomic mass is 9.79. The highest BCUT2D eigenvalue weighted by atomic mass is 16.4. The Morgan fingerprint density at radius 3 is 1.37 bits per heavy atom. The van der Waals surface area contributed by atoms with E-state index in [1.54, 1.807) is 54.6 Å². The van der Waals surface area contributed by atoms with E-state index in [0.717, 1.165) is 20.9 Å². The van der Waals surface area contributed by atoms with Crippen LogP contribution in [-0.4, -0.2) is 66.9 Å². The smallest absolute Gasteiger partial charge is 0.325 e. The van der Waals surface area contributed by atoms with Crippen LogP contribution in [0.15, 0.2) is 84.9 Å². The second-order valence-corrected chi connectivity index (χ2v) is 9.54. The highest BCUT2D eigenvalue weighted by molar-refractivity contribution is 5.93. The average Bonchev–Trinajstić information content (AvgIpc) is 3.15. The van der Waals surface area contributed by atoms with Crippen LogP contribution in [0.25, 0.3) is 0 Å². The number of rotatable bonds is 6. The Kier molecular flexibility index (Phi) is 5.16. The number of carbonyl (C=O) groups is 4. The summed E-state index contributed by atoms with van der Waals surface area (Å²) in [5, 5.41) is 19.9. The van der Waals surface area contributed by atoms with Gasteiger partial charge in [0.25, 0.3) is 0 Å². The Hall–Kier alpha value is -4.86. The first-order valence-corrected chi connectivity index (χ1v) is 12.1. The van der Waals surface area contributed by atoms with Crippen molar-refractivity contribution in [3.63, 3.8) is 0 Å². The fourth-order valence-electron chi connectivity index (χ4n) is 6.46. The first-order valence-electron chi connectivity index (χ1n) is 12.1. The zero-order valence-corrected chi connectivity index (χ0v) is 20.2. The quantitative estimate of drug-likeness (QED) is 0.524. The highest BCUT2D eigenvalue weighted by Crippen LogP contribution is 2.63. The topological polar surface area (TPSA) is 122 Å². The number of carboxylic acids is 2. The molecule has 192 valence electrons. The Labute approximate surface area is 217 Å². The van der Waals surface area contributed by atoms with Crippen LogP contribution in [0.5, 0.6) is 0 Å². The molecule has 6 rings (SSSR count). The highest BCUT2D eigenvalue weighted by Gasteiger charge is 2.80. The molecule has 0 radical (unpaired) electrons. The van der Waals surface area contributed by atoms with Gasteiger partial charge in [0.2, 0.25) is 0 Å². The van der Waals surface area contributed by atoms with Crippen LogP contribution in [0.4, 0.5) is 9.59 Å². The lowest BCUT2D eigenvalue weighted by Gasteiger charge is -2.49. The van der Waals surface area contributed by atoms with E-state index in [1.165, 1.54) is 9.80 Å². The molecule has 0 aromatic heterocycles. The van der Waals surface area contributed by atoms with Crippen molar-refractivity contribution < 1.29 is 29.4 Å². The number of carbonyl (C=O) groups excluding carboxylic acids is 2. The van der Waals surface area contributed by atoms with Crippen molar-refractivity contribution in [3.8, 4) is 0 Å². The van der Waals surface area contributed by atoms with Crippen LogP contribution in [0.1, 0.15) is 22.3 Å². The van der Waals surface area contributed by atoms with Gasteiger partial charge in [0, 0.05) is 11.1 Å². The molecule has 3 aromatic rings. The molecule has 10 nitrogen and oxygen atoms in total. The van der Waals surface area contributed by atoms with Crippen molar-refractivity contribution in [2.75, 3.05) is 13.1 Å². The Bertz CT molecular complexity index is 1400. The summed E-state index contributed by atoms with van der Waals surface area (Å²) in [7, 11) is 0. The summed E-state index contributed by atoms with van der Waals surface area (Å²) in [6.07, 6.45) is 0. The molecule has 2 N–H and O–H groups in total. The van der Waals surface area contributed by atoms with Crippen molar-refractivity contribution in [2.45, 2.75) is 24.4 Å². The number of hydrogen-bond donors (Lipinski definition) is 2. The second kappa shape index (κ2) is 8.34. The molecule has 0 atom stereocenters. The Balaban J connectivity index is 1.79. The molecule has 4 amide bonds. The molecule has 0 aliphatic carbocycles. The number of aliphatic carboxylic acids is 2. The molecule has 0 unspecified atom stereocenters. The van der Waals surface area contributed by atoms with E-state index in [2.05, 4.69) is 0 Å². The van der Waals surface area contributed by atoms with Crippen molar-refractivity contribution >= 4 is 24.0 Å². The third kappa shape index (κ3) is 2.88. The number of carboxylic acid groups (broad SMARTS) is 2. The molecule has 10 heteroatoms. The Morgan fingerprint density at radius 2 is 0.974 bits per heavy atom. The predicted octanol–water partition coefficient (Wildman–Crippen LogP) is 3.05. The summed E-state index contributed by atoms with van der Waals surface area (Å²) in [6, 6.07) is 23.9. The summed E-state index contributed by atoms with van der Waals surface area (Å²) < 4.78 is 0. The number of urea groups is 2. The summed E-state index contributed by atoms with van der Waals surface area (Å²) in [5.41, 5.74) is -0.733. The summed E-state index contributed by atoms with van der Waals surface area (Å²) in [5.74, 6) is -2.56. The first kappa shape index (κ1) is 23.5. The van der Waals surface area contributed by atoms with Gasteiger partial charge in [-0.15, -0.1) is 0 Å². The van der Waals surface area contributed by atoms with Crippen LogP contribution >= 0.6 is 0 Å². The molecule has 0 spiro atoms. The normalized spacial score (nSPS) is 23.8. The van der Waals surface area contributed by atoms with Gasteiger partial charge in [0.1, 0.15) is 13.1 Å². The molecule has 2 saturated heterocycles.